The molecule has 1 N–H and O–H groups in total. The number of benzene rings is 2. The first-order valence-electron chi connectivity index (χ1n) is 8.30. The molecule has 5 rings (SSSR count). The molecule has 2 aromatic carbocycles. The van der Waals surface area contributed by atoms with E-state index in [1.165, 1.54) is 11.5 Å². The fourth-order valence-corrected chi connectivity index (χ4v) is 4.48. The van der Waals surface area contributed by atoms with Crippen molar-refractivity contribution in [2.24, 2.45) is 0 Å². The van der Waals surface area contributed by atoms with Gasteiger partial charge >= 0.3 is 0 Å². The zero-order valence-corrected chi connectivity index (χ0v) is 16.0. The van der Waals surface area contributed by atoms with Crippen LogP contribution in [-0.4, -0.2) is 10.2 Å². The van der Waals surface area contributed by atoms with E-state index < -0.39 is 0 Å². The minimum absolute atomic E-state index is 0.0562. The summed E-state index contributed by atoms with van der Waals surface area (Å²) in [5, 5.41) is 4.36. The van der Waals surface area contributed by atoms with Crippen molar-refractivity contribution in [2.75, 3.05) is 5.32 Å². The SMILES string of the molecule is O=C1C2=C(C=CCC=C2)c2nsc3ccc(Nc4ccc(Br)cc4)c1c23. The molecule has 0 unspecified atom stereocenters. The van der Waals surface area contributed by atoms with Crippen LogP contribution in [0.15, 0.2) is 70.7 Å². The Bertz CT molecular complexity index is 1150. The number of fused-ring (bicyclic) bond motifs is 1. The van der Waals surface area contributed by atoms with Crippen molar-refractivity contribution in [3.05, 3.63) is 82.0 Å². The normalized spacial score (nSPS) is 15.3. The standard InChI is InChI=1S/C21H13BrN2OS/c22-12-6-8-13(9-7-12)23-16-10-11-17-19-18(16)21(25)15-5-3-1-2-4-14(15)20(19)24-26-17/h2-11,23H,1H2. The molecule has 1 heterocycles. The lowest BCUT2D eigenvalue weighted by Crippen LogP contribution is -2.12. The Kier molecular flexibility index (Phi) is 3.65. The van der Waals surface area contributed by atoms with E-state index in [2.05, 4.69) is 31.7 Å². The van der Waals surface area contributed by atoms with E-state index in [0.717, 1.165) is 49.2 Å². The molecular weight excluding hydrogens is 408 g/mol. The van der Waals surface area contributed by atoms with Crippen LogP contribution in [0.5, 0.6) is 0 Å². The van der Waals surface area contributed by atoms with Crippen LogP contribution in [0.3, 0.4) is 0 Å². The number of rotatable bonds is 2. The van der Waals surface area contributed by atoms with Gasteiger partial charge in [-0.25, -0.2) is 0 Å². The molecule has 2 aliphatic rings. The number of halogens is 1. The molecule has 3 aromatic rings. The van der Waals surface area contributed by atoms with Crippen LogP contribution in [0.2, 0.25) is 0 Å². The average molecular weight is 421 g/mol. The third-order valence-electron chi connectivity index (χ3n) is 4.62. The van der Waals surface area contributed by atoms with Gasteiger partial charge in [0.15, 0.2) is 5.78 Å². The van der Waals surface area contributed by atoms with Crippen LogP contribution >= 0.6 is 27.5 Å². The predicted octanol–water partition coefficient (Wildman–Crippen LogP) is 6.27. The van der Waals surface area contributed by atoms with E-state index in [0.29, 0.717) is 5.56 Å². The summed E-state index contributed by atoms with van der Waals surface area (Å²) in [7, 11) is 0. The summed E-state index contributed by atoms with van der Waals surface area (Å²) in [5.74, 6) is 0.0562. The Hall–Kier alpha value is -2.50. The minimum Gasteiger partial charge on any atom is -0.355 e. The molecule has 0 spiro atoms. The maximum absolute atomic E-state index is 13.3. The van der Waals surface area contributed by atoms with Gasteiger partial charge in [-0.2, -0.15) is 4.37 Å². The maximum Gasteiger partial charge on any atom is 0.196 e. The van der Waals surface area contributed by atoms with E-state index in [1.807, 2.05) is 54.6 Å². The molecule has 0 atom stereocenters. The largest absolute Gasteiger partial charge is 0.355 e. The molecule has 0 radical (unpaired) electrons. The van der Waals surface area contributed by atoms with Gasteiger partial charge in [0, 0.05) is 26.7 Å². The van der Waals surface area contributed by atoms with E-state index in [4.69, 9.17) is 0 Å². The third-order valence-corrected chi connectivity index (χ3v) is 5.96. The molecule has 0 aliphatic heterocycles. The number of aromatic nitrogens is 1. The number of hydrogen-bond donors (Lipinski definition) is 1. The van der Waals surface area contributed by atoms with Gasteiger partial charge in [0.1, 0.15) is 0 Å². The first kappa shape index (κ1) is 15.7. The Morgan fingerprint density at radius 3 is 2.58 bits per heavy atom. The fourth-order valence-electron chi connectivity index (χ4n) is 3.42. The lowest BCUT2D eigenvalue weighted by molar-refractivity contribution is 0.104. The monoisotopic (exact) mass is 420 g/mol. The van der Waals surface area contributed by atoms with E-state index in [9.17, 15) is 4.79 Å². The van der Waals surface area contributed by atoms with Gasteiger partial charge in [0.25, 0.3) is 0 Å². The van der Waals surface area contributed by atoms with Gasteiger partial charge in [-0.3, -0.25) is 4.79 Å². The Morgan fingerprint density at radius 2 is 1.77 bits per heavy atom. The molecule has 0 fully saturated rings. The number of nitrogens with one attached hydrogen (secondary N) is 1. The first-order valence-corrected chi connectivity index (χ1v) is 9.86. The fraction of sp³-hybridized carbons (Fsp3) is 0.0476. The second-order valence-electron chi connectivity index (χ2n) is 6.22. The highest BCUT2D eigenvalue weighted by Gasteiger charge is 2.30. The second kappa shape index (κ2) is 6.04. The van der Waals surface area contributed by atoms with Gasteiger partial charge in [0.05, 0.1) is 21.6 Å². The number of carbonyl (C=O) groups excluding carboxylic acids is 1. The van der Waals surface area contributed by atoms with Gasteiger partial charge in [0.2, 0.25) is 0 Å². The molecule has 2 aliphatic carbocycles. The van der Waals surface area contributed by atoms with Crippen LogP contribution in [0.1, 0.15) is 22.5 Å². The van der Waals surface area contributed by atoms with Crippen LogP contribution in [0.4, 0.5) is 11.4 Å². The lowest BCUT2D eigenvalue weighted by atomic mass is 9.86. The zero-order chi connectivity index (χ0) is 17.7. The van der Waals surface area contributed by atoms with Crippen molar-refractivity contribution in [3.63, 3.8) is 0 Å². The van der Waals surface area contributed by atoms with Gasteiger partial charge in [-0.05, 0) is 54.4 Å². The molecule has 26 heavy (non-hydrogen) atoms. The van der Waals surface area contributed by atoms with Crippen molar-refractivity contribution in [1.29, 1.82) is 0 Å². The highest BCUT2D eigenvalue weighted by molar-refractivity contribution is 9.10. The molecule has 5 heteroatoms. The molecule has 0 saturated carbocycles. The molecule has 0 bridgehead atoms. The number of nitrogens with zero attached hydrogens (tertiary/aromatic N) is 1. The summed E-state index contributed by atoms with van der Waals surface area (Å²) in [6, 6.07) is 11.9. The smallest absolute Gasteiger partial charge is 0.196 e. The van der Waals surface area contributed by atoms with Crippen LogP contribution in [0, 0.1) is 0 Å². The summed E-state index contributed by atoms with van der Waals surface area (Å²) < 4.78 is 6.72. The summed E-state index contributed by atoms with van der Waals surface area (Å²) in [5.41, 5.74) is 5.05. The van der Waals surface area contributed by atoms with Crippen molar-refractivity contribution < 1.29 is 4.79 Å². The minimum atomic E-state index is 0.0562. The number of anilines is 2. The van der Waals surface area contributed by atoms with Crippen LogP contribution in [0.25, 0.3) is 15.7 Å². The van der Waals surface area contributed by atoms with Crippen molar-refractivity contribution in [3.8, 4) is 0 Å². The van der Waals surface area contributed by atoms with Gasteiger partial charge in [-0.1, -0.05) is 40.2 Å². The van der Waals surface area contributed by atoms with Crippen molar-refractivity contribution >= 4 is 60.3 Å². The first-order chi connectivity index (χ1) is 12.7. The molecule has 0 amide bonds. The molecule has 1 aromatic heterocycles. The van der Waals surface area contributed by atoms with Crippen LogP contribution in [-0.2, 0) is 0 Å². The molecule has 0 saturated heterocycles. The highest BCUT2D eigenvalue weighted by atomic mass is 79.9. The average Bonchev–Trinajstić information content (AvgIpc) is 2.91. The molecule has 3 nitrogen and oxygen atoms in total. The second-order valence-corrected chi connectivity index (χ2v) is 7.94. The van der Waals surface area contributed by atoms with Gasteiger partial charge < -0.3 is 5.32 Å². The summed E-state index contributed by atoms with van der Waals surface area (Å²) in [4.78, 5) is 13.3. The molecule has 126 valence electrons. The maximum atomic E-state index is 13.3. The summed E-state index contributed by atoms with van der Waals surface area (Å²) in [6.07, 6.45) is 8.89. The van der Waals surface area contributed by atoms with E-state index in [1.54, 1.807) is 0 Å². The quantitative estimate of drug-likeness (QED) is 0.531. The molecular formula is C21H13BrN2OS. The number of carbonyl (C=O) groups is 1. The van der Waals surface area contributed by atoms with Gasteiger partial charge in [-0.15, -0.1) is 0 Å². The Labute approximate surface area is 163 Å². The van der Waals surface area contributed by atoms with Crippen molar-refractivity contribution in [2.45, 2.75) is 6.42 Å². The number of hydrogen-bond acceptors (Lipinski definition) is 4. The number of ketones is 1. The van der Waals surface area contributed by atoms with Crippen molar-refractivity contribution in [1.82, 2.24) is 4.37 Å². The number of Topliss-reactive ketones (excluding diaryl/α,β-unsaturated/α-hetero) is 1. The summed E-state index contributed by atoms with van der Waals surface area (Å²) >= 11 is 4.90. The van der Waals surface area contributed by atoms with Crippen LogP contribution < -0.4 is 5.32 Å². The third kappa shape index (κ3) is 2.39. The van der Waals surface area contributed by atoms with E-state index in [-0.39, 0.29) is 5.78 Å². The highest BCUT2D eigenvalue weighted by Crippen LogP contribution is 2.43. The lowest BCUT2D eigenvalue weighted by Gasteiger charge is -2.19. The van der Waals surface area contributed by atoms with E-state index >= 15 is 0 Å². The number of allylic oxidation sites excluding steroid dienone is 6. The summed E-state index contributed by atoms with van der Waals surface area (Å²) in [6.45, 7) is 0. The Morgan fingerprint density at radius 1 is 1.00 bits per heavy atom. The Balaban J connectivity index is 1.72. The zero-order valence-electron chi connectivity index (χ0n) is 13.6. The topological polar surface area (TPSA) is 42.0 Å². The predicted molar refractivity (Wildman–Crippen MR) is 111 cm³/mol.